The average Bonchev–Trinajstić information content (AvgIpc) is 3.26. The van der Waals surface area contributed by atoms with E-state index in [2.05, 4.69) is 90.1 Å². The van der Waals surface area contributed by atoms with Crippen LogP contribution in [0.1, 0.15) is 50.1 Å². The van der Waals surface area contributed by atoms with Crippen LogP contribution in [0.2, 0.25) is 0 Å². The van der Waals surface area contributed by atoms with Crippen molar-refractivity contribution in [1.82, 2.24) is 0 Å². The molecule has 0 nitrogen and oxygen atoms in total. The first-order chi connectivity index (χ1) is 13.4. The van der Waals surface area contributed by atoms with E-state index in [0.717, 1.165) is 0 Å². The molecule has 0 unspecified atom stereocenters. The molecule has 0 aliphatic rings. The van der Waals surface area contributed by atoms with E-state index in [1.54, 1.807) is 0 Å². The highest BCUT2D eigenvalue weighted by Gasteiger charge is 2.13. The molecular weight excluding hydrogens is 376 g/mol. The molecule has 28 heavy (non-hydrogen) atoms. The van der Waals surface area contributed by atoms with Gasteiger partial charge in [-0.25, -0.2) is 0 Å². The fraction of sp³-hybridized carbons (Fsp3) is 0.231. The SMILES string of the molecule is C/C=C/c1cc(C)c(/C=C/c2cc3c(C)c4sc(C)cc4c(C)c3s2)cc1C. The Kier molecular flexibility index (Phi) is 5.03. The maximum Gasteiger partial charge on any atom is 0.0388 e. The van der Waals surface area contributed by atoms with E-state index < -0.39 is 0 Å². The highest BCUT2D eigenvalue weighted by molar-refractivity contribution is 7.21. The van der Waals surface area contributed by atoms with Crippen molar-refractivity contribution in [3.05, 3.63) is 73.5 Å². The molecule has 4 aromatic rings. The maximum atomic E-state index is 2.36. The zero-order chi connectivity index (χ0) is 20.0. The van der Waals surface area contributed by atoms with E-state index >= 15 is 0 Å². The molecule has 0 spiro atoms. The molecule has 0 amide bonds. The Morgan fingerprint density at radius 2 is 1.21 bits per heavy atom. The minimum Gasteiger partial charge on any atom is -0.140 e. The van der Waals surface area contributed by atoms with Gasteiger partial charge >= 0.3 is 0 Å². The highest BCUT2D eigenvalue weighted by atomic mass is 32.1. The number of thiophene rings is 2. The number of allylic oxidation sites excluding steroid dienone is 1. The summed E-state index contributed by atoms with van der Waals surface area (Å²) >= 11 is 3.83. The molecule has 0 bridgehead atoms. The summed E-state index contributed by atoms with van der Waals surface area (Å²) in [6.07, 6.45) is 8.83. The number of hydrogen-bond acceptors (Lipinski definition) is 2. The number of benzene rings is 2. The van der Waals surface area contributed by atoms with Crippen molar-refractivity contribution < 1.29 is 0 Å². The summed E-state index contributed by atoms with van der Waals surface area (Å²) in [5, 5.41) is 2.84. The van der Waals surface area contributed by atoms with Crippen LogP contribution in [0.5, 0.6) is 0 Å². The van der Waals surface area contributed by atoms with Gasteiger partial charge in [0.1, 0.15) is 0 Å². The third kappa shape index (κ3) is 3.25. The monoisotopic (exact) mass is 402 g/mol. The Labute approximate surface area is 175 Å². The molecular formula is C26H26S2. The first kappa shape index (κ1) is 19.2. The molecule has 0 aliphatic heterocycles. The van der Waals surface area contributed by atoms with Crippen LogP contribution in [0.3, 0.4) is 0 Å². The van der Waals surface area contributed by atoms with Crippen molar-refractivity contribution in [1.29, 1.82) is 0 Å². The van der Waals surface area contributed by atoms with Crippen molar-refractivity contribution in [3.63, 3.8) is 0 Å². The van der Waals surface area contributed by atoms with E-state index in [1.807, 2.05) is 22.7 Å². The summed E-state index contributed by atoms with van der Waals surface area (Å²) in [6.45, 7) is 13.2. The lowest BCUT2D eigenvalue weighted by Crippen LogP contribution is -1.87. The van der Waals surface area contributed by atoms with E-state index in [4.69, 9.17) is 0 Å². The lowest BCUT2D eigenvalue weighted by atomic mass is 9.99. The largest absolute Gasteiger partial charge is 0.140 e. The molecule has 2 aromatic heterocycles. The normalized spacial score (nSPS) is 12.4. The Morgan fingerprint density at radius 1 is 0.643 bits per heavy atom. The highest BCUT2D eigenvalue weighted by Crippen LogP contribution is 2.41. The van der Waals surface area contributed by atoms with Gasteiger partial charge in [-0.3, -0.25) is 0 Å². The maximum absolute atomic E-state index is 2.36. The zero-order valence-corrected chi connectivity index (χ0v) is 19.1. The van der Waals surface area contributed by atoms with Gasteiger partial charge in [0.2, 0.25) is 0 Å². The van der Waals surface area contributed by atoms with Gasteiger partial charge in [-0.1, -0.05) is 30.4 Å². The molecule has 0 aliphatic carbocycles. The Balaban J connectivity index is 1.78. The van der Waals surface area contributed by atoms with Crippen molar-refractivity contribution in [2.75, 3.05) is 0 Å². The standard InChI is InChI=1S/C26H26S2/c1-7-8-20-11-16(3)21(12-15(20)2)9-10-22-14-24-19(6)25-23(13-17(4)27-25)18(5)26(24)28-22/h7-14H,1-6H3/b8-7+,10-9+. The second-order valence-corrected chi connectivity index (χ2v) is 9.98. The second kappa shape index (κ2) is 7.35. The third-order valence-electron chi connectivity index (χ3n) is 5.52. The predicted molar refractivity (Wildman–Crippen MR) is 131 cm³/mol. The number of rotatable bonds is 3. The number of hydrogen-bond donors (Lipinski definition) is 0. The fourth-order valence-corrected chi connectivity index (χ4v) is 6.15. The van der Waals surface area contributed by atoms with Crippen LogP contribution in [0, 0.1) is 34.6 Å². The summed E-state index contributed by atoms with van der Waals surface area (Å²) in [5.41, 5.74) is 8.09. The first-order valence-electron chi connectivity index (χ1n) is 9.74. The summed E-state index contributed by atoms with van der Waals surface area (Å²) in [7, 11) is 0. The molecule has 0 atom stereocenters. The van der Waals surface area contributed by atoms with Crippen LogP contribution in [0.15, 0.2) is 30.3 Å². The average molecular weight is 403 g/mol. The third-order valence-corrected chi connectivity index (χ3v) is 7.91. The Hall–Kier alpha value is -2.16. The van der Waals surface area contributed by atoms with Crippen LogP contribution in [-0.2, 0) is 0 Å². The molecule has 0 fully saturated rings. The van der Waals surface area contributed by atoms with Gasteiger partial charge in [-0.2, -0.15) is 0 Å². The molecule has 0 saturated carbocycles. The summed E-state index contributed by atoms with van der Waals surface area (Å²) < 4.78 is 2.88. The van der Waals surface area contributed by atoms with Crippen molar-refractivity contribution in [2.24, 2.45) is 0 Å². The number of aryl methyl sites for hydroxylation is 5. The van der Waals surface area contributed by atoms with Gasteiger partial charge in [0.25, 0.3) is 0 Å². The number of fused-ring (bicyclic) bond motifs is 2. The van der Waals surface area contributed by atoms with Crippen LogP contribution in [-0.4, -0.2) is 0 Å². The molecule has 2 heteroatoms. The van der Waals surface area contributed by atoms with Gasteiger partial charge < -0.3 is 0 Å². The van der Waals surface area contributed by atoms with Gasteiger partial charge in [-0.15, -0.1) is 22.7 Å². The lowest BCUT2D eigenvalue weighted by Gasteiger charge is -2.06. The lowest BCUT2D eigenvalue weighted by molar-refractivity contribution is 1.36. The van der Waals surface area contributed by atoms with Crippen LogP contribution in [0.4, 0.5) is 0 Å². The molecule has 0 N–H and O–H groups in total. The van der Waals surface area contributed by atoms with Crippen LogP contribution < -0.4 is 0 Å². The Morgan fingerprint density at radius 3 is 1.86 bits per heavy atom. The fourth-order valence-electron chi connectivity index (χ4n) is 3.94. The van der Waals surface area contributed by atoms with E-state index in [1.165, 1.54) is 63.3 Å². The first-order valence-corrected chi connectivity index (χ1v) is 11.4. The molecule has 142 valence electrons. The topological polar surface area (TPSA) is 0 Å². The van der Waals surface area contributed by atoms with E-state index in [9.17, 15) is 0 Å². The molecule has 0 saturated heterocycles. The van der Waals surface area contributed by atoms with Gasteiger partial charge in [0.05, 0.1) is 0 Å². The smallest absolute Gasteiger partial charge is 0.0388 e. The molecule has 4 rings (SSSR count). The van der Waals surface area contributed by atoms with Crippen molar-refractivity contribution >= 4 is 61.1 Å². The van der Waals surface area contributed by atoms with Crippen molar-refractivity contribution in [2.45, 2.75) is 41.5 Å². The quantitative estimate of drug-likeness (QED) is 0.321. The van der Waals surface area contributed by atoms with Gasteiger partial charge in [0, 0.05) is 19.2 Å². The minimum absolute atomic E-state index is 1.30. The Bertz CT molecular complexity index is 1200. The molecule has 0 radical (unpaired) electrons. The summed E-state index contributed by atoms with van der Waals surface area (Å²) in [5.74, 6) is 0. The minimum atomic E-state index is 1.30. The van der Waals surface area contributed by atoms with Crippen LogP contribution >= 0.6 is 22.7 Å². The molecule has 2 aromatic carbocycles. The van der Waals surface area contributed by atoms with Crippen LogP contribution in [0.25, 0.3) is 38.4 Å². The van der Waals surface area contributed by atoms with Crippen molar-refractivity contribution in [3.8, 4) is 0 Å². The zero-order valence-electron chi connectivity index (χ0n) is 17.4. The second-order valence-electron chi connectivity index (χ2n) is 7.64. The summed E-state index contributed by atoms with van der Waals surface area (Å²) in [6, 6.07) is 9.29. The predicted octanol–water partition coefficient (Wildman–Crippen LogP) is 8.86. The van der Waals surface area contributed by atoms with E-state index in [-0.39, 0.29) is 0 Å². The van der Waals surface area contributed by atoms with Gasteiger partial charge in [-0.05, 0) is 104 Å². The van der Waals surface area contributed by atoms with Gasteiger partial charge in [0.15, 0.2) is 0 Å². The molecule has 2 heterocycles. The summed E-state index contributed by atoms with van der Waals surface area (Å²) in [4.78, 5) is 2.72. The van der Waals surface area contributed by atoms with E-state index in [0.29, 0.717) is 0 Å².